The van der Waals surface area contributed by atoms with Crippen molar-refractivity contribution in [3.63, 3.8) is 0 Å². The fourth-order valence-electron chi connectivity index (χ4n) is 2.67. The zero-order valence-electron chi connectivity index (χ0n) is 13.3. The van der Waals surface area contributed by atoms with Gasteiger partial charge in [0.15, 0.2) is 0 Å². The maximum absolute atomic E-state index is 6.06. The zero-order chi connectivity index (χ0) is 15.2. The molecule has 4 nitrogen and oxygen atoms in total. The molecule has 0 atom stereocenters. The number of nitrogens with one attached hydrogen (secondary N) is 1. The summed E-state index contributed by atoms with van der Waals surface area (Å²) >= 11 is 0. The lowest BCUT2D eigenvalue weighted by atomic mass is 10.1. The van der Waals surface area contributed by atoms with Crippen molar-refractivity contribution in [1.82, 2.24) is 9.88 Å². The highest BCUT2D eigenvalue weighted by Gasteiger charge is 2.07. The first kappa shape index (κ1) is 15.6. The van der Waals surface area contributed by atoms with Gasteiger partial charge in [-0.05, 0) is 50.7 Å². The summed E-state index contributed by atoms with van der Waals surface area (Å²) in [6, 6.07) is 6.00. The molecule has 0 saturated carbocycles. The highest BCUT2D eigenvalue weighted by atomic mass is 15.1. The standard InChI is InChI=1S/C17H26N4/c1-4-21(5-2)12-6-10-19-17-16-13(3)7-8-15(18)14(16)9-11-20-17/h7-9,11H,4-6,10,12,18H2,1-3H3,(H,19,20). The summed E-state index contributed by atoms with van der Waals surface area (Å²) in [5.74, 6) is 0.942. The van der Waals surface area contributed by atoms with Crippen LogP contribution in [-0.2, 0) is 0 Å². The summed E-state index contributed by atoms with van der Waals surface area (Å²) in [7, 11) is 0. The minimum Gasteiger partial charge on any atom is -0.398 e. The number of benzene rings is 1. The van der Waals surface area contributed by atoms with Gasteiger partial charge in [0, 0.05) is 29.2 Å². The van der Waals surface area contributed by atoms with E-state index < -0.39 is 0 Å². The van der Waals surface area contributed by atoms with Gasteiger partial charge in [-0.15, -0.1) is 0 Å². The van der Waals surface area contributed by atoms with Crippen molar-refractivity contribution in [1.29, 1.82) is 0 Å². The third-order valence-electron chi connectivity index (χ3n) is 4.01. The third kappa shape index (κ3) is 3.64. The Morgan fingerprint density at radius 1 is 1.19 bits per heavy atom. The number of nitrogens with two attached hydrogens (primary N) is 1. The summed E-state index contributed by atoms with van der Waals surface area (Å²) in [6.45, 7) is 10.8. The van der Waals surface area contributed by atoms with Crippen molar-refractivity contribution in [2.45, 2.75) is 27.2 Å². The Hall–Kier alpha value is -1.81. The molecule has 0 amide bonds. The van der Waals surface area contributed by atoms with Gasteiger partial charge >= 0.3 is 0 Å². The van der Waals surface area contributed by atoms with E-state index in [2.05, 4.69) is 42.0 Å². The Balaban J connectivity index is 2.07. The van der Waals surface area contributed by atoms with E-state index in [4.69, 9.17) is 5.73 Å². The molecular formula is C17H26N4. The number of aromatic nitrogens is 1. The Morgan fingerprint density at radius 3 is 2.67 bits per heavy atom. The quantitative estimate of drug-likeness (QED) is 0.606. The van der Waals surface area contributed by atoms with Crippen LogP contribution >= 0.6 is 0 Å². The fraction of sp³-hybridized carbons (Fsp3) is 0.471. The van der Waals surface area contributed by atoms with Crippen LogP contribution in [0.15, 0.2) is 24.4 Å². The Labute approximate surface area is 127 Å². The van der Waals surface area contributed by atoms with Gasteiger partial charge in [-0.25, -0.2) is 4.98 Å². The van der Waals surface area contributed by atoms with Gasteiger partial charge in [-0.2, -0.15) is 0 Å². The van der Waals surface area contributed by atoms with E-state index in [0.29, 0.717) is 0 Å². The number of fused-ring (bicyclic) bond motifs is 1. The SMILES string of the molecule is CCN(CC)CCCNc1nccc2c(N)ccc(C)c12. The second-order valence-electron chi connectivity index (χ2n) is 5.36. The summed E-state index contributed by atoms with van der Waals surface area (Å²) in [5.41, 5.74) is 8.08. The van der Waals surface area contributed by atoms with Crippen molar-refractivity contribution in [2.75, 3.05) is 37.2 Å². The maximum atomic E-state index is 6.06. The zero-order valence-corrected chi connectivity index (χ0v) is 13.3. The van der Waals surface area contributed by atoms with Crippen molar-refractivity contribution >= 4 is 22.3 Å². The van der Waals surface area contributed by atoms with Crippen LogP contribution in [0.2, 0.25) is 0 Å². The van der Waals surface area contributed by atoms with Crippen molar-refractivity contribution in [3.05, 3.63) is 30.0 Å². The maximum Gasteiger partial charge on any atom is 0.134 e. The minimum absolute atomic E-state index is 0.809. The second kappa shape index (κ2) is 7.27. The van der Waals surface area contributed by atoms with Crippen LogP contribution in [0.25, 0.3) is 10.8 Å². The number of hydrogen-bond donors (Lipinski definition) is 2. The molecule has 21 heavy (non-hydrogen) atoms. The van der Waals surface area contributed by atoms with E-state index in [-0.39, 0.29) is 0 Å². The van der Waals surface area contributed by atoms with Crippen LogP contribution < -0.4 is 11.1 Å². The van der Waals surface area contributed by atoms with E-state index in [1.54, 1.807) is 0 Å². The number of nitrogens with zero attached hydrogens (tertiary/aromatic N) is 2. The third-order valence-corrected chi connectivity index (χ3v) is 4.01. The number of aryl methyl sites for hydroxylation is 1. The fourth-order valence-corrected chi connectivity index (χ4v) is 2.67. The molecular weight excluding hydrogens is 260 g/mol. The summed E-state index contributed by atoms with van der Waals surface area (Å²) < 4.78 is 0. The van der Waals surface area contributed by atoms with Crippen LogP contribution in [0.4, 0.5) is 11.5 Å². The second-order valence-corrected chi connectivity index (χ2v) is 5.36. The van der Waals surface area contributed by atoms with Gasteiger partial charge in [0.25, 0.3) is 0 Å². The molecule has 0 saturated heterocycles. The predicted molar refractivity (Wildman–Crippen MR) is 91.8 cm³/mol. The van der Waals surface area contributed by atoms with Crippen LogP contribution in [-0.4, -0.2) is 36.1 Å². The van der Waals surface area contributed by atoms with E-state index >= 15 is 0 Å². The van der Waals surface area contributed by atoms with Gasteiger partial charge in [0.1, 0.15) is 5.82 Å². The lowest BCUT2D eigenvalue weighted by Gasteiger charge is -2.18. The lowest BCUT2D eigenvalue weighted by molar-refractivity contribution is 0.303. The van der Waals surface area contributed by atoms with Gasteiger partial charge < -0.3 is 16.0 Å². The molecule has 1 heterocycles. The lowest BCUT2D eigenvalue weighted by Crippen LogP contribution is -2.25. The van der Waals surface area contributed by atoms with Crippen LogP contribution in [0.1, 0.15) is 25.8 Å². The molecule has 2 rings (SSSR count). The molecule has 114 valence electrons. The number of nitrogen functional groups attached to an aromatic ring is 1. The first-order chi connectivity index (χ1) is 10.2. The van der Waals surface area contributed by atoms with Gasteiger partial charge in [-0.3, -0.25) is 0 Å². The summed E-state index contributed by atoms with van der Waals surface area (Å²) in [6.07, 6.45) is 2.94. The van der Waals surface area contributed by atoms with E-state index in [9.17, 15) is 0 Å². The van der Waals surface area contributed by atoms with E-state index in [1.165, 1.54) is 5.56 Å². The average molecular weight is 286 g/mol. The molecule has 0 bridgehead atoms. The molecule has 4 heteroatoms. The monoisotopic (exact) mass is 286 g/mol. The smallest absolute Gasteiger partial charge is 0.134 e. The largest absolute Gasteiger partial charge is 0.398 e. The Morgan fingerprint density at radius 2 is 1.95 bits per heavy atom. The highest BCUT2D eigenvalue weighted by molar-refractivity contribution is 6.01. The molecule has 1 aromatic heterocycles. The van der Waals surface area contributed by atoms with E-state index in [0.717, 1.165) is 54.9 Å². The number of hydrogen-bond acceptors (Lipinski definition) is 4. The first-order valence-corrected chi connectivity index (χ1v) is 7.77. The van der Waals surface area contributed by atoms with Crippen LogP contribution in [0.3, 0.4) is 0 Å². The molecule has 0 radical (unpaired) electrons. The predicted octanol–water partition coefficient (Wildman–Crippen LogP) is 3.27. The molecule has 0 aliphatic rings. The molecule has 0 aliphatic heterocycles. The van der Waals surface area contributed by atoms with Crippen LogP contribution in [0, 0.1) is 6.92 Å². The summed E-state index contributed by atoms with van der Waals surface area (Å²) in [5, 5.41) is 5.68. The van der Waals surface area contributed by atoms with Gasteiger partial charge in [0.2, 0.25) is 0 Å². The van der Waals surface area contributed by atoms with Crippen molar-refractivity contribution < 1.29 is 0 Å². The topological polar surface area (TPSA) is 54.2 Å². The number of rotatable bonds is 7. The highest BCUT2D eigenvalue weighted by Crippen LogP contribution is 2.28. The molecule has 0 unspecified atom stereocenters. The molecule has 0 spiro atoms. The van der Waals surface area contributed by atoms with Crippen molar-refractivity contribution in [2.24, 2.45) is 0 Å². The van der Waals surface area contributed by atoms with Crippen LogP contribution in [0.5, 0.6) is 0 Å². The number of pyridine rings is 1. The minimum atomic E-state index is 0.809. The number of anilines is 2. The Kier molecular flexibility index (Phi) is 5.39. The average Bonchev–Trinajstić information content (AvgIpc) is 2.51. The molecule has 1 aromatic carbocycles. The molecule has 3 N–H and O–H groups in total. The van der Waals surface area contributed by atoms with Gasteiger partial charge in [-0.1, -0.05) is 19.9 Å². The van der Waals surface area contributed by atoms with Gasteiger partial charge in [0.05, 0.1) is 0 Å². The molecule has 0 fully saturated rings. The normalized spacial score (nSPS) is 11.2. The summed E-state index contributed by atoms with van der Waals surface area (Å²) in [4.78, 5) is 6.92. The van der Waals surface area contributed by atoms with Crippen molar-refractivity contribution in [3.8, 4) is 0 Å². The molecule has 2 aromatic rings. The Bertz CT molecular complexity index is 591. The molecule has 0 aliphatic carbocycles. The first-order valence-electron chi connectivity index (χ1n) is 7.77. The van der Waals surface area contributed by atoms with E-state index in [1.807, 2.05) is 18.3 Å².